The lowest BCUT2D eigenvalue weighted by Crippen LogP contribution is -2.56. The zero-order valence-electron chi connectivity index (χ0n) is 13.6. The molecule has 0 saturated carbocycles. The van der Waals surface area contributed by atoms with Crippen molar-refractivity contribution in [1.82, 2.24) is 15.0 Å². The van der Waals surface area contributed by atoms with E-state index in [0.717, 1.165) is 17.8 Å². The minimum Gasteiger partial charge on any atom is -0.487 e. The minimum atomic E-state index is -4.52. The molecule has 0 N–H and O–H groups in total. The van der Waals surface area contributed by atoms with Crippen molar-refractivity contribution in [3.05, 3.63) is 41.0 Å². The van der Waals surface area contributed by atoms with Crippen LogP contribution in [-0.2, 0) is 17.4 Å². The van der Waals surface area contributed by atoms with Gasteiger partial charge in [-0.1, -0.05) is 5.16 Å². The van der Waals surface area contributed by atoms with Gasteiger partial charge in [0, 0.05) is 17.8 Å². The maximum Gasteiger partial charge on any atom is 0.433 e. The first-order chi connectivity index (χ1) is 11.7. The molecule has 134 valence electrons. The Kier molecular flexibility index (Phi) is 4.40. The molecule has 0 unspecified atom stereocenters. The van der Waals surface area contributed by atoms with Gasteiger partial charge in [-0.2, -0.15) is 13.2 Å². The maximum atomic E-state index is 12.6. The van der Waals surface area contributed by atoms with Crippen LogP contribution in [0.2, 0.25) is 0 Å². The zero-order chi connectivity index (χ0) is 18.2. The second-order valence-corrected chi connectivity index (χ2v) is 5.89. The van der Waals surface area contributed by atoms with Crippen LogP contribution in [-0.4, -0.2) is 40.1 Å². The number of ether oxygens (including phenoxy) is 1. The smallest absolute Gasteiger partial charge is 0.433 e. The normalized spacial score (nSPS) is 15.2. The van der Waals surface area contributed by atoms with Crippen molar-refractivity contribution in [2.75, 3.05) is 13.1 Å². The average Bonchev–Trinajstić information content (AvgIpc) is 2.81. The maximum absolute atomic E-state index is 12.6. The molecule has 2 aromatic heterocycles. The van der Waals surface area contributed by atoms with Gasteiger partial charge in [-0.3, -0.25) is 9.78 Å². The van der Waals surface area contributed by atoms with Crippen molar-refractivity contribution in [2.24, 2.45) is 0 Å². The van der Waals surface area contributed by atoms with Gasteiger partial charge < -0.3 is 14.2 Å². The number of pyridine rings is 1. The highest BCUT2D eigenvalue weighted by atomic mass is 19.4. The van der Waals surface area contributed by atoms with E-state index in [4.69, 9.17) is 9.26 Å². The Morgan fingerprint density at radius 2 is 2.12 bits per heavy atom. The fourth-order valence-corrected chi connectivity index (χ4v) is 2.57. The number of aromatic nitrogens is 2. The number of carbonyl (C=O) groups excluding carboxylic acids is 1. The summed E-state index contributed by atoms with van der Waals surface area (Å²) in [5, 5.41) is 3.80. The highest BCUT2D eigenvalue weighted by molar-refractivity contribution is 5.80. The molecule has 1 aliphatic rings. The number of rotatable bonds is 4. The third kappa shape index (κ3) is 3.75. The number of aryl methyl sites for hydroxylation is 2. The Labute approximate surface area is 141 Å². The van der Waals surface area contributed by atoms with Crippen LogP contribution in [0.3, 0.4) is 0 Å². The Morgan fingerprint density at radius 3 is 2.72 bits per heavy atom. The summed E-state index contributed by atoms with van der Waals surface area (Å²) in [5.41, 5.74) is 0.435. The Balaban J connectivity index is 1.54. The monoisotopic (exact) mass is 355 g/mol. The molecule has 25 heavy (non-hydrogen) atoms. The van der Waals surface area contributed by atoms with Crippen molar-refractivity contribution in [1.29, 1.82) is 0 Å². The van der Waals surface area contributed by atoms with Gasteiger partial charge in [0.2, 0.25) is 5.91 Å². The molecule has 1 amide bonds. The summed E-state index contributed by atoms with van der Waals surface area (Å²) in [4.78, 5) is 17.1. The number of alkyl halides is 3. The topological polar surface area (TPSA) is 68.5 Å². The Bertz CT molecular complexity index is 763. The molecule has 0 bridgehead atoms. The molecule has 9 heteroatoms. The van der Waals surface area contributed by atoms with E-state index in [1.165, 1.54) is 6.07 Å². The van der Waals surface area contributed by atoms with Crippen molar-refractivity contribution in [3.63, 3.8) is 0 Å². The van der Waals surface area contributed by atoms with Gasteiger partial charge in [0.25, 0.3) is 0 Å². The molecule has 0 aromatic carbocycles. The molecular formula is C16H16F3N3O3. The number of amides is 1. The van der Waals surface area contributed by atoms with Crippen molar-refractivity contribution < 1.29 is 27.2 Å². The molecule has 3 heterocycles. The van der Waals surface area contributed by atoms with Crippen LogP contribution in [0.5, 0.6) is 5.75 Å². The summed E-state index contributed by atoms with van der Waals surface area (Å²) >= 11 is 0. The number of hydrogen-bond acceptors (Lipinski definition) is 5. The largest absolute Gasteiger partial charge is 0.487 e. The van der Waals surface area contributed by atoms with E-state index in [9.17, 15) is 18.0 Å². The quantitative estimate of drug-likeness (QED) is 0.843. The van der Waals surface area contributed by atoms with E-state index in [1.54, 1.807) is 18.7 Å². The first-order valence-electron chi connectivity index (χ1n) is 7.63. The van der Waals surface area contributed by atoms with Gasteiger partial charge in [-0.15, -0.1) is 0 Å². The fourth-order valence-electron chi connectivity index (χ4n) is 2.57. The van der Waals surface area contributed by atoms with E-state index < -0.39 is 11.9 Å². The number of nitrogens with zero attached hydrogens (tertiary/aromatic N) is 3. The predicted molar refractivity (Wildman–Crippen MR) is 79.9 cm³/mol. The van der Waals surface area contributed by atoms with Gasteiger partial charge in [0.05, 0.1) is 25.2 Å². The molecule has 0 atom stereocenters. The molecule has 1 saturated heterocycles. The van der Waals surface area contributed by atoms with Gasteiger partial charge in [-0.05, 0) is 19.9 Å². The second-order valence-electron chi connectivity index (χ2n) is 5.89. The van der Waals surface area contributed by atoms with Crippen LogP contribution >= 0.6 is 0 Å². The van der Waals surface area contributed by atoms with Crippen LogP contribution in [0, 0.1) is 13.8 Å². The summed E-state index contributed by atoms with van der Waals surface area (Å²) < 4.78 is 48.4. The molecule has 0 aliphatic carbocycles. The van der Waals surface area contributed by atoms with Crippen LogP contribution in [0.1, 0.15) is 22.7 Å². The van der Waals surface area contributed by atoms with Crippen LogP contribution in [0.4, 0.5) is 13.2 Å². The molecular weight excluding hydrogens is 339 g/mol. The van der Waals surface area contributed by atoms with Gasteiger partial charge in [0.1, 0.15) is 23.3 Å². The fraction of sp³-hybridized carbons (Fsp3) is 0.438. The molecule has 1 fully saturated rings. The van der Waals surface area contributed by atoms with E-state index in [2.05, 4.69) is 10.1 Å². The molecule has 6 nitrogen and oxygen atoms in total. The van der Waals surface area contributed by atoms with Crippen molar-refractivity contribution >= 4 is 5.91 Å². The summed E-state index contributed by atoms with van der Waals surface area (Å²) in [5.74, 6) is 0.598. The van der Waals surface area contributed by atoms with E-state index in [1.807, 2.05) is 0 Å². The van der Waals surface area contributed by atoms with Crippen LogP contribution < -0.4 is 4.74 Å². The van der Waals surface area contributed by atoms with Gasteiger partial charge in [0.15, 0.2) is 0 Å². The Hall–Kier alpha value is -2.58. The molecule has 0 radical (unpaired) electrons. The molecule has 2 aromatic rings. The third-order valence-corrected chi connectivity index (χ3v) is 4.03. The average molecular weight is 355 g/mol. The second kappa shape index (κ2) is 6.38. The highest BCUT2D eigenvalue weighted by Gasteiger charge is 2.35. The summed E-state index contributed by atoms with van der Waals surface area (Å²) in [6, 6.07) is 2.22. The number of hydrogen-bond donors (Lipinski definition) is 0. The lowest BCUT2D eigenvalue weighted by molar-refractivity contribution is -0.141. The number of likely N-dealkylation sites (tertiary alicyclic amines) is 1. The van der Waals surface area contributed by atoms with E-state index in [0.29, 0.717) is 24.5 Å². The Morgan fingerprint density at radius 1 is 1.40 bits per heavy atom. The van der Waals surface area contributed by atoms with Crippen LogP contribution in [0.15, 0.2) is 22.9 Å². The van der Waals surface area contributed by atoms with Crippen molar-refractivity contribution in [2.45, 2.75) is 32.5 Å². The summed E-state index contributed by atoms with van der Waals surface area (Å²) in [6.07, 6.45) is -3.62. The van der Waals surface area contributed by atoms with E-state index >= 15 is 0 Å². The van der Waals surface area contributed by atoms with Gasteiger partial charge >= 0.3 is 6.18 Å². The lowest BCUT2D eigenvalue weighted by Gasteiger charge is -2.39. The standard InChI is InChI=1S/C16H16F3N3O3/c1-9-13(10(2)25-21-9)6-15(23)22-7-12(8-22)24-11-3-4-20-14(5-11)16(17,18)19/h3-5,12H,6-8H2,1-2H3. The number of carbonyl (C=O) groups is 1. The predicted octanol–water partition coefficient (Wildman–Crippen LogP) is 2.54. The first-order valence-corrected chi connectivity index (χ1v) is 7.63. The minimum absolute atomic E-state index is 0.0881. The van der Waals surface area contributed by atoms with E-state index in [-0.39, 0.29) is 24.2 Å². The summed E-state index contributed by atoms with van der Waals surface area (Å²) in [7, 11) is 0. The third-order valence-electron chi connectivity index (χ3n) is 4.03. The van der Waals surface area contributed by atoms with Crippen LogP contribution in [0.25, 0.3) is 0 Å². The van der Waals surface area contributed by atoms with Gasteiger partial charge in [-0.25, -0.2) is 0 Å². The zero-order valence-corrected chi connectivity index (χ0v) is 13.6. The number of halogens is 3. The summed E-state index contributed by atoms with van der Waals surface area (Å²) in [6.45, 7) is 4.16. The molecule has 0 spiro atoms. The van der Waals surface area contributed by atoms with Crippen molar-refractivity contribution in [3.8, 4) is 5.75 Å². The lowest BCUT2D eigenvalue weighted by atomic mass is 10.1. The molecule has 3 rings (SSSR count). The first kappa shape index (κ1) is 17.2. The SMILES string of the molecule is Cc1noc(C)c1CC(=O)N1CC(Oc2ccnc(C(F)(F)F)c2)C1. The highest BCUT2D eigenvalue weighted by Crippen LogP contribution is 2.30. The molecule has 1 aliphatic heterocycles.